The second-order valence-electron chi connectivity index (χ2n) is 5.94. The molecule has 6 nitrogen and oxygen atoms in total. The van der Waals surface area contributed by atoms with E-state index in [1.807, 2.05) is 17.8 Å². The van der Waals surface area contributed by atoms with E-state index >= 15 is 0 Å². The number of nitrogens with zero attached hydrogens (tertiary/aromatic N) is 3. The molecule has 6 heteroatoms. The van der Waals surface area contributed by atoms with Crippen LogP contribution in [0.3, 0.4) is 0 Å². The van der Waals surface area contributed by atoms with Gasteiger partial charge in [-0.3, -0.25) is 9.58 Å². The fourth-order valence-electron chi connectivity index (χ4n) is 2.77. The quantitative estimate of drug-likeness (QED) is 0.810. The fourth-order valence-corrected chi connectivity index (χ4v) is 2.77. The first-order chi connectivity index (χ1) is 10.2. The van der Waals surface area contributed by atoms with Crippen molar-refractivity contribution in [2.24, 2.45) is 0 Å². The molecule has 0 aromatic carbocycles. The summed E-state index contributed by atoms with van der Waals surface area (Å²) >= 11 is 0. The molecule has 2 heterocycles. The highest BCUT2D eigenvalue weighted by Crippen LogP contribution is 2.22. The molecule has 1 saturated carbocycles. The van der Waals surface area contributed by atoms with Gasteiger partial charge in [-0.05, 0) is 26.2 Å². The van der Waals surface area contributed by atoms with Gasteiger partial charge < -0.3 is 14.6 Å². The zero-order valence-electron chi connectivity index (χ0n) is 12.6. The van der Waals surface area contributed by atoms with Gasteiger partial charge in [0.1, 0.15) is 12.2 Å². The summed E-state index contributed by atoms with van der Waals surface area (Å²) in [5, 5.41) is 14.3. The van der Waals surface area contributed by atoms with Crippen LogP contribution in [-0.4, -0.2) is 64.3 Å². The van der Waals surface area contributed by atoms with Crippen LogP contribution < -0.4 is 4.74 Å². The van der Waals surface area contributed by atoms with Crippen LogP contribution >= 0.6 is 0 Å². The van der Waals surface area contributed by atoms with Crippen LogP contribution in [0, 0.1) is 0 Å². The molecule has 3 rings (SSSR count). The lowest BCUT2D eigenvalue weighted by atomic mass is 9.96. The monoisotopic (exact) mass is 295 g/mol. The van der Waals surface area contributed by atoms with Crippen LogP contribution in [0.4, 0.5) is 0 Å². The number of β-amino-alcohol motifs (C(OH)–C–C–N with tert-alkyl or cyclic N) is 1. The first-order valence-electron chi connectivity index (χ1n) is 7.95. The normalized spacial score (nSPS) is 27.0. The summed E-state index contributed by atoms with van der Waals surface area (Å²) in [6.07, 6.45) is 7.14. The zero-order chi connectivity index (χ0) is 14.7. The van der Waals surface area contributed by atoms with Gasteiger partial charge in [0, 0.05) is 26.2 Å². The van der Waals surface area contributed by atoms with E-state index in [2.05, 4.69) is 10.00 Å². The third-order valence-corrected chi connectivity index (χ3v) is 4.35. The van der Waals surface area contributed by atoms with Crippen LogP contribution in [0.15, 0.2) is 12.4 Å². The summed E-state index contributed by atoms with van der Waals surface area (Å²) in [5.41, 5.74) is 0. The van der Waals surface area contributed by atoms with Crippen molar-refractivity contribution in [1.29, 1.82) is 0 Å². The van der Waals surface area contributed by atoms with Crippen LogP contribution in [0.25, 0.3) is 0 Å². The van der Waals surface area contributed by atoms with Crippen molar-refractivity contribution in [1.82, 2.24) is 14.7 Å². The van der Waals surface area contributed by atoms with Gasteiger partial charge in [-0.25, -0.2) is 0 Å². The molecule has 0 spiro atoms. The number of ether oxygens (including phenoxy) is 2. The van der Waals surface area contributed by atoms with E-state index in [9.17, 15) is 5.11 Å². The van der Waals surface area contributed by atoms with Crippen LogP contribution in [-0.2, 0) is 11.3 Å². The van der Waals surface area contributed by atoms with Gasteiger partial charge >= 0.3 is 0 Å². The largest absolute Gasteiger partial charge is 0.483 e. The molecule has 0 amide bonds. The van der Waals surface area contributed by atoms with Crippen molar-refractivity contribution >= 4 is 0 Å². The smallest absolute Gasteiger partial charge is 0.157 e. The molecular weight excluding hydrogens is 270 g/mol. The van der Waals surface area contributed by atoms with Crippen LogP contribution in [0.1, 0.15) is 26.2 Å². The minimum Gasteiger partial charge on any atom is -0.483 e. The van der Waals surface area contributed by atoms with Crippen molar-refractivity contribution in [3.63, 3.8) is 0 Å². The predicted octanol–water partition coefficient (Wildman–Crippen LogP) is 0.896. The van der Waals surface area contributed by atoms with Gasteiger partial charge in [0.05, 0.1) is 25.1 Å². The summed E-state index contributed by atoms with van der Waals surface area (Å²) < 4.78 is 13.4. The number of hydrogen-bond acceptors (Lipinski definition) is 5. The molecule has 1 aromatic rings. The Kier molecular flexibility index (Phi) is 4.77. The van der Waals surface area contributed by atoms with Crippen molar-refractivity contribution in [2.75, 3.05) is 26.2 Å². The average molecular weight is 295 g/mol. The minimum atomic E-state index is -0.446. The Morgan fingerprint density at radius 3 is 2.90 bits per heavy atom. The van der Waals surface area contributed by atoms with Crippen LogP contribution in [0.5, 0.6) is 5.75 Å². The van der Waals surface area contributed by atoms with Gasteiger partial charge in [-0.15, -0.1) is 0 Å². The van der Waals surface area contributed by atoms with Crippen LogP contribution in [0.2, 0.25) is 0 Å². The maximum atomic E-state index is 10.1. The second kappa shape index (κ2) is 6.77. The predicted molar refractivity (Wildman–Crippen MR) is 78.4 cm³/mol. The summed E-state index contributed by atoms with van der Waals surface area (Å²) in [6.45, 7) is 5.86. The van der Waals surface area contributed by atoms with E-state index in [0.29, 0.717) is 12.6 Å². The van der Waals surface area contributed by atoms with Gasteiger partial charge in [0.2, 0.25) is 0 Å². The molecular formula is C15H25N3O3. The molecule has 0 bridgehead atoms. The van der Waals surface area contributed by atoms with Gasteiger partial charge in [0.25, 0.3) is 0 Å². The Hall–Kier alpha value is -1.11. The minimum absolute atomic E-state index is 0.178. The van der Waals surface area contributed by atoms with Gasteiger partial charge in [-0.1, -0.05) is 0 Å². The first kappa shape index (κ1) is 14.8. The zero-order valence-corrected chi connectivity index (χ0v) is 12.6. The fraction of sp³-hybridized carbons (Fsp3) is 0.800. The van der Waals surface area contributed by atoms with Crippen molar-refractivity contribution in [3.05, 3.63) is 12.4 Å². The highest BCUT2D eigenvalue weighted by molar-refractivity contribution is 5.13. The van der Waals surface area contributed by atoms with Crippen molar-refractivity contribution in [3.8, 4) is 5.75 Å². The third-order valence-electron chi connectivity index (χ3n) is 4.35. The van der Waals surface area contributed by atoms with Crippen molar-refractivity contribution in [2.45, 2.75) is 51.0 Å². The van der Waals surface area contributed by atoms with E-state index in [0.717, 1.165) is 32.0 Å². The summed E-state index contributed by atoms with van der Waals surface area (Å²) in [7, 11) is 0. The number of aryl methyl sites for hydroxylation is 1. The van der Waals surface area contributed by atoms with Gasteiger partial charge in [0.15, 0.2) is 5.75 Å². The summed E-state index contributed by atoms with van der Waals surface area (Å²) in [6, 6.07) is 0. The first-order valence-corrected chi connectivity index (χ1v) is 7.95. The Balaban J connectivity index is 1.41. The second-order valence-corrected chi connectivity index (χ2v) is 5.94. The van der Waals surface area contributed by atoms with E-state index in [1.165, 1.54) is 19.3 Å². The number of aliphatic hydroxyl groups is 1. The molecule has 1 aromatic heterocycles. The molecule has 0 unspecified atom stereocenters. The molecule has 1 N–H and O–H groups in total. The van der Waals surface area contributed by atoms with Crippen molar-refractivity contribution < 1.29 is 14.6 Å². The lowest BCUT2D eigenvalue weighted by Gasteiger charge is -2.26. The molecule has 2 atom stereocenters. The SMILES string of the molecule is CCn1cc(O[C@@H]2CN(CCOC3CCC3)C[C@H]2O)cn1. The lowest BCUT2D eigenvalue weighted by Crippen LogP contribution is -2.31. The Morgan fingerprint density at radius 2 is 2.24 bits per heavy atom. The molecule has 2 fully saturated rings. The summed E-state index contributed by atoms with van der Waals surface area (Å²) in [4.78, 5) is 2.21. The number of hydrogen-bond donors (Lipinski definition) is 1. The highest BCUT2D eigenvalue weighted by atomic mass is 16.5. The maximum absolute atomic E-state index is 10.1. The maximum Gasteiger partial charge on any atom is 0.157 e. The number of aromatic nitrogens is 2. The van der Waals surface area contributed by atoms with E-state index in [1.54, 1.807) is 6.20 Å². The Bertz CT molecular complexity index is 447. The number of likely N-dealkylation sites (tertiary alicyclic amines) is 1. The Morgan fingerprint density at radius 1 is 1.38 bits per heavy atom. The molecule has 1 saturated heterocycles. The molecule has 118 valence electrons. The highest BCUT2D eigenvalue weighted by Gasteiger charge is 2.33. The van der Waals surface area contributed by atoms with E-state index in [4.69, 9.17) is 9.47 Å². The van der Waals surface area contributed by atoms with E-state index < -0.39 is 6.10 Å². The molecule has 0 radical (unpaired) electrons. The van der Waals surface area contributed by atoms with Gasteiger partial charge in [-0.2, -0.15) is 5.10 Å². The Labute approximate surface area is 125 Å². The number of rotatable bonds is 7. The molecule has 2 aliphatic rings. The topological polar surface area (TPSA) is 59.8 Å². The average Bonchev–Trinajstić information content (AvgIpc) is 3.01. The lowest BCUT2D eigenvalue weighted by molar-refractivity contribution is -0.00631. The van der Waals surface area contributed by atoms with E-state index in [-0.39, 0.29) is 6.10 Å². The molecule has 21 heavy (non-hydrogen) atoms. The number of aliphatic hydroxyl groups excluding tert-OH is 1. The standard InChI is InChI=1S/C15H25N3O3/c1-2-18-9-13(8-16-18)21-15-11-17(10-14(15)19)6-7-20-12-4-3-5-12/h8-9,12,14-15,19H,2-7,10-11H2,1H3/t14-,15-/m1/s1. The summed E-state index contributed by atoms with van der Waals surface area (Å²) in [5.74, 6) is 0.730. The third kappa shape index (κ3) is 3.75. The molecule has 1 aliphatic carbocycles. The molecule has 1 aliphatic heterocycles.